The number of hydrogen-bond donors (Lipinski definition) is 1. The highest BCUT2D eigenvalue weighted by molar-refractivity contribution is 5.99. The van der Waals surface area contributed by atoms with Gasteiger partial charge in [0.1, 0.15) is 11.6 Å². The Morgan fingerprint density at radius 2 is 2.12 bits per heavy atom. The molecule has 1 N–H and O–H groups in total. The Morgan fingerprint density at radius 1 is 1.53 bits per heavy atom. The summed E-state index contributed by atoms with van der Waals surface area (Å²) in [4.78, 5) is 25.8. The quantitative estimate of drug-likeness (QED) is 0.741. The van der Waals surface area contributed by atoms with Gasteiger partial charge in [-0.15, -0.1) is 6.42 Å². The van der Waals surface area contributed by atoms with E-state index >= 15 is 0 Å². The van der Waals surface area contributed by atoms with Crippen molar-refractivity contribution in [3.05, 3.63) is 0 Å². The monoisotopic (exact) mass is 236 g/mol. The van der Waals surface area contributed by atoms with Crippen molar-refractivity contribution in [2.24, 2.45) is 0 Å². The Hall–Kier alpha value is -1.50. The van der Waals surface area contributed by atoms with Crippen LogP contribution in [0.25, 0.3) is 0 Å². The second-order valence-corrected chi connectivity index (χ2v) is 4.65. The molecule has 4 heteroatoms. The molecular weight excluding hydrogens is 216 g/mol. The van der Waals surface area contributed by atoms with Crippen LogP contribution in [-0.2, 0) is 9.59 Å². The summed E-state index contributed by atoms with van der Waals surface area (Å²) in [6.07, 6.45) is 6.65. The highest BCUT2D eigenvalue weighted by Crippen LogP contribution is 2.24. The molecule has 0 aliphatic carbocycles. The molecule has 0 spiro atoms. The van der Waals surface area contributed by atoms with Crippen LogP contribution in [0.1, 0.15) is 40.5 Å². The largest absolute Gasteiger partial charge is 0.340 e. The van der Waals surface area contributed by atoms with E-state index in [2.05, 4.69) is 11.2 Å². The number of nitrogens with zero attached hydrogens (tertiary/aromatic N) is 1. The maximum Gasteiger partial charge on any atom is 0.249 e. The minimum Gasteiger partial charge on any atom is -0.340 e. The maximum atomic E-state index is 12.4. The average Bonchev–Trinajstić information content (AvgIpc) is 2.32. The Labute approximate surface area is 103 Å². The molecule has 0 saturated carbocycles. The molecule has 1 saturated heterocycles. The number of carbonyl (C=O) groups excluding carboxylic acids is 2. The van der Waals surface area contributed by atoms with E-state index in [1.54, 1.807) is 18.7 Å². The van der Waals surface area contributed by atoms with Crippen LogP contribution in [0.15, 0.2) is 0 Å². The second-order valence-electron chi connectivity index (χ2n) is 4.65. The van der Waals surface area contributed by atoms with Gasteiger partial charge in [0.25, 0.3) is 0 Å². The molecule has 1 rings (SSSR count). The van der Waals surface area contributed by atoms with Crippen molar-refractivity contribution in [2.45, 2.75) is 58.2 Å². The topological polar surface area (TPSA) is 49.4 Å². The third-order valence-corrected chi connectivity index (χ3v) is 3.52. The molecule has 0 aromatic rings. The van der Waals surface area contributed by atoms with Crippen molar-refractivity contribution in [1.82, 2.24) is 10.2 Å². The first-order valence-corrected chi connectivity index (χ1v) is 6.02. The molecule has 2 amide bonds. The van der Waals surface area contributed by atoms with Gasteiger partial charge in [0.2, 0.25) is 11.8 Å². The van der Waals surface area contributed by atoms with Gasteiger partial charge in [-0.05, 0) is 26.7 Å². The molecule has 1 aliphatic heterocycles. The molecule has 1 aliphatic rings. The summed E-state index contributed by atoms with van der Waals surface area (Å²) >= 11 is 0. The van der Waals surface area contributed by atoms with Gasteiger partial charge in [0, 0.05) is 0 Å². The summed E-state index contributed by atoms with van der Waals surface area (Å²) in [5, 5.41) is 2.78. The lowest BCUT2D eigenvalue weighted by atomic mass is 9.90. The number of terminal acetylenes is 1. The summed E-state index contributed by atoms with van der Waals surface area (Å²) in [5.41, 5.74) is -0.826. The molecule has 94 valence electrons. The number of nitrogens with one attached hydrogen (secondary N) is 1. The van der Waals surface area contributed by atoms with Crippen LogP contribution >= 0.6 is 0 Å². The van der Waals surface area contributed by atoms with Crippen LogP contribution in [0, 0.1) is 12.3 Å². The fraction of sp³-hybridized carbons (Fsp3) is 0.692. The SMILES string of the molecule is C#CC(CC)N1C(=O)C(C)(CC)NC(=O)C1C. The Balaban J connectivity index is 3.13. The van der Waals surface area contributed by atoms with Crippen LogP contribution in [-0.4, -0.2) is 34.3 Å². The van der Waals surface area contributed by atoms with Crippen LogP contribution in [0.4, 0.5) is 0 Å². The van der Waals surface area contributed by atoms with E-state index in [4.69, 9.17) is 6.42 Å². The van der Waals surface area contributed by atoms with E-state index in [1.165, 1.54) is 0 Å². The van der Waals surface area contributed by atoms with Crippen molar-refractivity contribution < 1.29 is 9.59 Å². The molecular formula is C13H20N2O2. The lowest BCUT2D eigenvalue weighted by Crippen LogP contribution is -2.70. The van der Waals surface area contributed by atoms with Crippen LogP contribution in [0.3, 0.4) is 0 Å². The normalized spacial score (nSPS) is 30.8. The van der Waals surface area contributed by atoms with Crippen LogP contribution in [0.5, 0.6) is 0 Å². The van der Waals surface area contributed by atoms with E-state index in [0.29, 0.717) is 12.8 Å². The molecule has 0 aromatic carbocycles. The molecule has 4 nitrogen and oxygen atoms in total. The van der Waals surface area contributed by atoms with Gasteiger partial charge in [-0.3, -0.25) is 9.59 Å². The predicted octanol–water partition coefficient (Wildman–Crippen LogP) is 0.914. The highest BCUT2D eigenvalue weighted by Gasteiger charge is 2.47. The number of hydrogen-bond acceptors (Lipinski definition) is 2. The molecule has 1 heterocycles. The van der Waals surface area contributed by atoms with E-state index < -0.39 is 11.6 Å². The number of rotatable bonds is 3. The number of amides is 2. The summed E-state index contributed by atoms with van der Waals surface area (Å²) in [6, 6.07) is -0.808. The van der Waals surface area contributed by atoms with Crippen molar-refractivity contribution in [2.75, 3.05) is 0 Å². The van der Waals surface area contributed by atoms with Gasteiger partial charge in [0.05, 0.1) is 6.04 Å². The third-order valence-electron chi connectivity index (χ3n) is 3.52. The van der Waals surface area contributed by atoms with E-state index in [0.717, 1.165) is 0 Å². The number of carbonyl (C=O) groups is 2. The van der Waals surface area contributed by atoms with E-state index in [-0.39, 0.29) is 17.9 Å². The first kappa shape index (κ1) is 13.6. The molecule has 3 unspecified atom stereocenters. The van der Waals surface area contributed by atoms with Crippen LogP contribution < -0.4 is 5.32 Å². The van der Waals surface area contributed by atoms with E-state index in [1.807, 2.05) is 13.8 Å². The van der Waals surface area contributed by atoms with Crippen molar-refractivity contribution >= 4 is 11.8 Å². The zero-order valence-corrected chi connectivity index (χ0v) is 10.9. The van der Waals surface area contributed by atoms with E-state index in [9.17, 15) is 9.59 Å². The summed E-state index contributed by atoms with van der Waals surface area (Å²) < 4.78 is 0. The fourth-order valence-corrected chi connectivity index (χ4v) is 2.06. The second kappa shape index (κ2) is 4.79. The lowest BCUT2D eigenvalue weighted by Gasteiger charge is -2.45. The van der Waals surface area contributed by atoms with Gasteiger partial charge in [0.15, 0.2) is 0 Å². The predicted molar refractivity (Wildman–Crippen MR) is 66.1 cm³/mol. The molecule has 0 bridgehead atoms. The first-order chi connectivity index (χ1) is 7.91. The Bertz CT molecular complexity index is 372. The van der Waals surface area contributed by atoms with Gasteiger partial charge in [-0.1, -0.05) is 19.8 Å². The average molecular weight is 236 g/mol. The fourth-order valence-electron chi connectivity index (χ4n) is 2.06. The van der Waals surface area contributed by atoms with Crippen molar-refractivity contribution in [1.29, 1.82) is 0 Å². The molecule has 1 fully saturated rings. The van der Waals surface area contributed by atoms with Gasteiger partial charge in [-0.25, -0.2) is 0 Å². The third kappa shape index (κ3) is 2.14. The summed E-state index contributed by atoms with van der Waals surface area (Å²) in [7, 11) is 0. The van der Waals surface area contributed by atoms with Crippen LogP contribution in [0.2, 0.25) is 0 Å². The zero-order valence-electron chi connectivity index (χ0n) is 10.9. The smallest absolute Gasteiger partial charge is 0.249 e. The molecule has 0 radical (unpaired) electrons. The van der Waals surface area contributed by atoms with Gasteiger partial charge in [-0.2, -0.15) is 0 Å². The molecule has 17 heavy (non-hydrogen) atoms. The maximum absolute atomic E-state index is 12.4. The van der Waals surface area contributed by atoms with Gasteiger partial charge >= 0.3 is 0 Å². The van der Waals surface area contributed by atoms with Crippen molar-refractivity contribution in [3.63, 3.8) is 0 Å². The lowest BCUT2D eigenvalue weighted by molar-refractivity contribution is -0.155. The molecule has 0 aromatic heterocycles. The minimum atomic E-state index is -0.826. The van der Waals surface area contributed by atoms with Gasteiger partial charge < -0.3 is 10.2 Å². The van der Waals surface area contributed by atoms with Crippen molar-refractivity contribution in [3.8, 4) is 12.3 Å². The molecule has 3 atom stereocenters. The summed E-state index contributed by atoms with van der Waals surface area (Å²) in [5.74, 6) is 2.37. The Morgan fingerprint density at radius 3 is 2.53 bits per heavy atom. The number of piperazine rings is 1. The standard InChI is InChI=1S/C13H20N2O2/c1-6-10(7-2)15-9(4)11(16)14-13(5,8-3)12(15)17/h1,9-10H,7-8H2,2-5H3,(H,14,16). The first-order valence-electron chi connectivity index (χ1n) is 6.02. The minimum absolute atomic E-state index is 0.0862. The highest BCUT2D eigenvalue weighted by atomic mass is 16.2. The summed E-state index contributed by atoms with van der Waals surface area (Å²) in [6.45, 7) is 7.25. The zero-order chi connectivity index (χ0) is 13.2. The Kier molecular flexibility index (Phi) is 3.82.